The molecule has 5 amide bonds. The number of carbonyl (C=O) groups excluding carboxylic acids is 4. The molecule has 2 aliphatic rings. The Labute approximate surface area is 171 Å². The minimum atomic E-state index is -0.299. The molecular formula is C20H18N4O4S. The molecule has 0 atom stereocenters. The van der Waals surface area contributed by atoms with Crippen molar-refractivity contribution in [2.75, 3.05) is 29.1 Å². The Balaban J connectivity index is 1.42. The van der Waals surface area contributed by atoms with Gasteiger partial charge in [-0.25, -0.2) is 4.79 Å². The Morgan fingerprint density at radius 1 is 1.10 bits per heavy atom. The number of hydrogen-bond acceptors (Lipinski definition) is 5. The predicted molar refractivity (Wildman–Crippen MR) is 110 cm³/mol. The molecule has 8 nitrogen and oxygen atoms in total. The molecule has 0 bridgehead atoms. The summed E-state index contributed by atoms with van der Waals surface area (Å²) < 4.78 is 0. The van der Waals surface area contributed by atoms with Crippen LogP contribution < -0.4 is 15.5 Å². The third kappa shape index (κ3) is 4.09. The molecule has 2 N–H and O–H groups in total. The molecule has 4 rings (SSSR count). The van der Waals surface area contributed by atoms with Crippen LogP contribution in [0.15, 0.2) is 48.5 Å². The lowest BCUT2D eigenvalue weighted by Crippen LogP contribution is -2.28. The molecule has 9 heteroatoms. The highest BCUT2D eigenvalue weighted by molar-refractivity contribution is 8.14. The van der Waals surface area contributed by atoms with Gasteiger partial charge in [0.1, 0.15) is 0 Å². The topological polar surface area (TPSA) is 98.8 Å². The number of urea groups is 1. The van der Waals surface area contributed by atoms with Gasteiger partial charge in [-0.2, -0.15) is 0 Å². The van der Waals surface area contributed by atoms with E-state index in [-0.39, 0.29) is 35.4 Å². The standard InChI is InChI=1S/C20H18N4O4S/c25-17-12-29-20(28)24(17)11-13-2-1-3-14(10-13)18(26)22-15-4-6-16(7-5-15)23-9-8-21-19(23)27/h1-7,10H,8-9,11-12H2,(H,21,27)(H,22,26). The maximum Gasteiger partial charge on any atom is 0.321 e. The second-order valence-corrected chi connectivity index (χ2v) is 7.55. The van der Waals surface area contributed by atoms with Crippen molar-refractivity contribution >= 4 is 46.2 Å². The van der Waals surface area contributed by atoms with E-state index >= 15 is 0 Å². The van der Waals surface area contributed by atoms with E-state index in [1.165, 1.54) is 4.90 Å². The molecule has 2 aromatic rings. The van der Waals surface area contributed by atoms with Gasteiger partial charge in [-0.3, -0.25) is 24.2 Å². The largest absolute Gasteiger partial charge is 0.336 e. The van der Waals surface area contributed by atoms with Crippen LogP contribution in [0.4, 0.5) is 21.0 Å². The van der Waals surface area contributed by atoms with Crippen molar-refractivity contribution in [1.82, 2.24) is 10.2 Å². The molecule has 148 valence electrons. The third-order valence-electron chi connectivity index (χ3n) is 4.66. The van der Waals surface area contributed by atoms with Crippen LogP contribution in [0.1, 0.15) is 15.9 Å². The normalized spacial score (nSPS) is 16.3. The van der Waals surface area contributed by atoms with Crippen molar-refractivity contribution in [2.45, 2.75) is 6.54 Å². The maximum atomic E-state index is 12.6. The summed E-state index contributed by atoms with van der Waals surface area (Å²) in [7, 11) is 0. The molecule has 2 aliphatic heterocycles. The van der Waals surface area contributed by atoms with Crippen LogP contribution in [0.2, 0.25) is 0 Å². The van der Waals surface area contributed by atoms with E-state index in [4.69, 9.17) is 0 Å². The van der Waals surface area contributed by atoms with Crippen LogP contribution in [0.5, 0.6) is 0 Å². The number of nitrogens with one attached hydrogen (secondary N) is 2. The summed E-state index contributed by atoms with van der Waals surface area (Å²) in [5.74, 6) is -0.359. The number of imide groups is 1. The number of benzene rings is 2. The predicted octanol–water partition coefficient (Wildman–Crippen LogP) is 2.66. The fraction of sp³-hybridized carbons (Fsp3) is 0.200. The summed E-state index contributed by atoms with van der Waals surface area (Å²) >= 11 is 0.985. The van der Waals surface area contributed by atoms with Crippen LogP contribution in [0.25, 0.3) is 0 Å². The van der Waals surface area contributed by atoms with Gasteiger partial charge in [0.15, 0.2) is 0 Å². The third-order valence-corrected chi connectivity index (χ3v) is 5.52. The molecule has 2 saturated heterocycles. The summed E-state index contributed by atoms with van der Waals surface area (Å²) in [4.78, 5) is 50.6. The maximum absolute atomic E-state index is 12.6. The molecule has 0 saturated carbocycles. The van der Waals surface area contributed by atoms with Gasteiger partial charge in [0, 0.05) is 30.0 Å². The average molecular weight is 410 g/mol. The first-order valence-corrected chi connectivity index (χ1v) is 10.0. The summed E-state index contributed by atoms with van der Waals surface area (Å²) in [5.41, 5.74) is 2.50. The number of hydrogen-bond donors (Lipinski definition) is 2. The smallest absolute Gasteiger partial charge is 0.321 e. The van der Waals surface area contributed by atoms with E-state index in [0.29, 0.717) is 29.9 Å². The van der Waals surface area contributed by atoms with Gasteiger partial charge in [0.25, 0.3) is 11.1 Å². The van der Waals surface area contributed by atoms with Crippen LogP contribution in [0, 0.1) is 0 Å². The fourth-order valence-corrected chi connectivity index (χ4v) is 3.90. The van der Waals surface area contributed by atoms with Crippen molar-refractivity contribution in [1.29, 1.82) is 0 Å². The first-order chi connectivity index (χ1) is 14.0. The second kappa shape index (κ2) is 7.96. The van der Waals surface area contributed by atoms with E-state index in [0.717, 1.165) is 17.4 Å². The fourth-order valence-electron chi connectivity index (χ4n) is 3.17. The lowest BCUT2D eigenvalue weighted by Gasteiger charge is -2.15. The van der Waals surface area contributed by atoms with Crippen LogP contribution in [-0.4, -0.2) is 46.8 Å². The second-order valence-electron chi connectivity index (χ2n) is 6.62. The molecule has 2 aromatic carbocycles. The van der Waals surface area contributed by atoms with Crippen molar-refractivity contribution in [3.63, 3.8) is 0 Å². The zero-order valence-electron chi connectivity index (χ0n) is 15.4. The van der Waals surface area contributed by atoms with E-state index in [9.17, 15) is 19.2 Å². The van der Waals surface area contributed by atoms with Crippen molar-refractivity contribution in [2.24, 2.45) is 0 Å². The molecule has 0 aliphatic carbocycles. The molecule has 0 spiro atoms. The molecule has 0 unspecified atom stereocenters. The van der Waals surface area contributed by atoms with Gasteiger partial charge in [0.2, 0.25) is 5.91 Å². The highest BCUT2D eigenvalue weighted by atomic mass is 32.2. The van der Waals surface area contributed by atoms with Crippen LogP contribution in [0.3, 0.4) is 0 Å². The van der Waals surface area contributed by atoms with E-state index < -0.39 is 0 Å². The summed E-state index contributed by atoms with van der Waals surface area (Å²) in [6.45, 7) is 1.37. The number of anilines is 2. The number of carbonyl (C=O) groups is 4. The molecule has 2 heterocycles. The van der Waals surface area contributed by atoms with Gasteiger partial charge in [-0.05, 0) is 42.0 Å². The molecule has 0 aromatic heterocycles. The minimum Gasteiger partial charge on any atom is -0.336 e. The highest BCUT2D eigenvalue weighted by Crippen LogP contribution is 2.22. The SMILES string of the molecule is O=C(Nc1ccc(N2CCNC2=O)cc1)c1cccc(CN2C(=O)CSC2=O)c1. The Morgan fingerprint density at radius 3 is 2.55 bits per heavy atom. The van der Waals surface area contributed by atoms with E-state index in [1.807, 2.05) is 0 Å². The Kier molecular flexibility index (Phi) is 5.22. The first-order valence-electron chi connectivity index (χ1n) is 9.04. The number of rotatable bonds is 5. The Hall–Kier alpha value is -3.33. The van der Waals surface area contributed by atoms with Gasteiger partial charge >= 0.3 is 6.03 Å². The molecule has 2 fully saturated rings. The highest BCUT2D eigenvalue weighted by Gasteiger charge is 2.29. The van der Waals surface area contributed by atoms with E-state index in [2.05, 4.69) is 10.6 Å². The lowest BCUT2D eigenvalue weighted by atomic mass is 10.1. The van der Waals surface area contributed by atoms with Gasteiger partial charge in [-0.15, -0.1) is 0 Å². The minimum absolute atomic E-state index is 0.132. The summed E-state index contributed by atoms with van der Waals surface area (Å²) in [6, 6.07) is 13.7. The van der Waals surface area contributed by atoms with E-state index in [1.54, 1.807) is 53.4 Å². The molecular weight excluding hydrogens is 392 g/mol. The average Bonchev–Trinajstić information content (AvgIpc) is 3.29. The van der Waals surface area contributed by atoms with Crippen molar-refractivity contribution < 1.29 is 19.2 Å². The summed E-state index contributed by atoms with van der Waals surface area (Å²) in [5, 5.41) is 5.29. The van der Waals surface area contributed by atoms with Crippen molar-refractivity contribution in [3.8, 4) is 0 Å². The lowest BCUT2D eigenvalue weighted by molar-refractivity contribution is -0.125. The Bertz CT molecular complexity index is 976. The monoisotopic (exact) mass is 410 g/mol. The first kappa shape index (κ1) is 19.0. The van der Waals surface area contributed by atoms with Crippen LogP contribution in [-0.2, 0) is 11.3 Å². The molecule has 29 heavy (non-hydrogen) atoms. The number of nitrogens with zero attached hydrogens (tertiary/aromatic N) is 2. The van der Waals surface area contributed by atoms with Gasteiger partial charge in [-0.1, -0.05) is 23.9 Å². The van der Waals surface area contributed by atoms with Gasteiger partial charge < -0.3 is 10.6 Å². The zero-order chi connectivity index (χ0) is 20.4. The summed E-state index contributed by atoms with van der Waals surface area (Å²) in [6.07, 6.45) is 0. The quantitative estimate of drug-likeness (QED) is 0.790. The van der Waals surface area contributed by atoms with Crippen molar-refractivity contribution in [3.05, 3.63) is 59.7 Å². The zero-order valence-corrected chi connectivity index (χ0v) is 16.2. The number of thioether (sulfide) groups is 1. The number of amides is 5. The van der Waals surface area contributed by atoms with Gasteiger partial charge in [0.05, 0.1) is 12.3 Å². The molecule has 0 radical (unpaired) electrons. The van der Waals surface area contributed by atoms with Crippen LogP contribution >= 0.6 is 11.8 Å². The Morgan fingerprint density at radius 2 is 1.90 bits per heavy atom.